The molecule has 2 nitrogen and oxygen atoms in total. The molecule has 0 N–H and O–H groups in total. The van der Waals surface area contributed by atoms with Crippen molar-refractivity contribution in [2.45, 2.75) is 18.8 Å². The summed E-state index contributed by atoms with van der Waals surface area (Å²) in [6, 6.07) is 4.87. The lowest BCUT2D eigenvalue weighted by atomic mass is 10.0. The van der Waals surface area contributed by atoms with E-state index in [-0.39, 0.29) is 11.6 Å². The molecule has 0 heterocycles. The van der Waals surface area contributed by atoms with Crippen LogP contribution in [0, 0.1) is 17.1 Å². The fraction of sp³-hybridized carbons (Fsp3) is 0.364. The van der Waals surface area contributed by atoms with Crippen molar-refractivity contribution in [1.82, 2.24) is 0 Å². The number of benzene rings is 1. The molecule has 1 aromatic carbocycles. The van der Waals surface area contributed by atoms with E-state index in [1.165, 1.54) is 19.2 Å². The van der Waals surface area contributed by atoms with Gasteiger partial charge in [-0.2, -0.15) is 5.26 Å². The van der Waals surface area contributed by atoms with Crippen LogP contribution in [0.3, 0.4) is 0 Å². The van der Waals surface area contributed by atoms with Crippen LogP contribution in [0.5, 0.6) is 5.75 Å². The maximum Gasteiger partial charge on any atom is 0.165 e. The largest absolute Gasteiger partial charge is 0.493 e. The molecule has 1 aliphatic rings. The number of rotatable bonds is 2. The Morgan fingerprint density at radius 3 is 2.71 bits per heavy atom. The molecule has 0 amide bonds. The molecular weight excluding hydrogens is 181 g/mol. The van der Waals surface area contributed by atoms with Gasteiger partial charge >= 0.3 is 0 Å². The zero-order valence-electron chi connectivity index (χ0n) is 7.88. The summed E-state index contributed by atoms with van der Waals surface area (Å²) in [6.45, 7) is 0. The summed E-state index contributed by atoms with van der Waals surface area (Å²) in [5.41, 5.74) is 1.28. The minimum Gasteiger partial charge on any atom is -0.493 e. The Labute approximate surface area is 81.9 Å². The van der Waals surface area contributed by atoms with Gasteiger partial charge in [0.15, 0.2) is 11.6 Å². The highest BCUT2D eigenvalue weighted by Crippen LogP contribution is 2.46. The Hall–Kier alpha value is -1.56. The van der Waals surface area contributed by atoms with Crippen LogP contribution in [0.15, 0.2) is 12.1 Å². The van der Waals surface area contributed by atoms with E-state index in [0.717, 1.165) is 18.4 Å². The van der Waals surface area contributed by atoms with Crippen molar-refractivity contribution in [3.05, 3.63) is 29.1 Å². The van der Waals surface area contributed by atoms with Gasteiger partial charge in [-0.25, -0.2) is 4.39 Å². The summed E-state index contributed by atoms with van der Waals surface area (Å²) in [7, 11) is 1.44. The van der Waals surface area contributed by atoms with E-state index in [9.17, 15) is 4.39 Å². The molecule has 72 valence electrons. The molecule has 0 atom stereocenters. The van der Waals surface area contributed by atoms with Crippen molar-refractivity contribution in [3.8, 4) is 11.8 Å². The van der Waals surface area contributed by atoms with E-state index in [0.29, 0.717) is 11.5 Å². The van der Waals surface area contributed by atoms with Gasteiger partial charge in [0.2, 0.25) is 0 Å². The Morgan fingerprint density at radius 2 is 2.21 bits per heavy atom. The number of methoxy groups -OCH3 is 1. The summed E-state index contributed by atoms with van der Waals surface area (Å²) in [5.74, 6) is 0.176. The summed E-state index contributed by atoms with van der Waals surface area (Å²) >= 11 is 0. The lowest BCUT2D eigenvalue weighted by Gasteiger charge is -2.09. The van der Waals surface area contributed by atoms with Crippen LogP contribution < -0.4 is 4.74 Å². The van der Waals surface area contributed by atoms with Gasteiger partial charge in [-0.05, 0) is 30.9 Å². The van der Waals surface area contributed by atoms with Crippen molar-refractivity contribution in [3.63, 3.8) is 0 Å². The lowest BCUT2D eigenvalue weighted by molar-refractivity contribution is 0.381. The molecule has 0 aliphatic heterocycles. The quantitative estimate of drug-likeness (QED) is 0.719. The van der Waals surface area contributed by atoms with Crippen LogP contribution in [0.1, 0.15) is 29.9 Å². The molecule has 1 saturated carbocycles. The predicted octanol–water partition coefficient (Wildman–Crippen LogP) is 2.58. The Kier molecular flexibility index (Phi) is 2.12. The van der Waals surface area contributed by atoms with Crippen LogP contribution >= 0.6 is 0 Å². The molecule has 0 spiro atoms. The van der Waals surface area contributed by atoms with Crippen molar-refractivity contribution < 1.29 is 9.13 Å². The topological polar surface area (TPSA) is 33.0 Å². The number of nitriles is 1. The fourth-order valence-electron chi connectivity index (χ4n) is 1.66. The van der Waals surface area contributed by atoms with Gasteiger partial charge in [0, 0.05) is 5.56 Å². The standard InChI is InChI=1S/C11H10FNO/c1-14-11-9(12)5-4-8(6-13)10(11)7-2-3-7/h4-5,7H,2-3H2,1H3. The molecule has 0 saturated heterocycles. The second kappa shape index (κ2) is 3.30. The molecule has 0 radical (unpaired) electrons. The first kappa shape index (κ1) is 9.01. The number of halogens is 1. The summed E-state index contributed by atoms with van der Waals surface area (Å²) in [4.78, 5) is 0. The smallest absolute Gasteiger partial charge is 0.165 e. The van der Waals surface area contributed by atoms with Gasteiger partial charge < -0.3 is 4.74 Å². The second-order valence-electron chi connectivity index (χ2n) is 3.43. The third-order valence-corrected chi connectivity index (χ3v) is 2.46. The first-order chi connectivity index (χ1) is 6.77. The highest BCUT2D eigenvalue weighted by molar-refractivity contribution is 5.51. The summed E-state index contributed by atoms with van der Waals surface area (Å²) < 4.78 is 18.3. The van der Waals surface area contributed by atoms with Crippen LogP contribution in [0.2, 0.25) is 0 Å². The fourth-order valence-corrected chi connectivity index (χ4v) is 1.66. The Balaban J connectivity index is 2.60. The monoisotopic (exact) mass is 191 g/mol. The first-order valence-corrected chi connectivity index (χ1v) is 4.54. The third kappa shape index (κ3) is 1.33. The average molecular weight is 191 g/mol. The van der Waals surface area contributed by atoms with E-state index in [2.05, 4.69) is 6.07 Å². The first-order valence-electron chi connectivity index (χ1n) is 4.54. The van der Waals surface area contributed by atoms with Gasteiger partial charge in [-0.3, -0.25) is 0 Å². The maximum absolute atomic E-state index is 13.3. The van der Waals surface area contributed by atoms with Crippen molar-refractivity contribution >= 4 is 0 Å². The Bertz CT molecular complexity index is 404. The highest BCUT2D eigenvalue weighted by Gasteiger charge is 2.30. The van der Waals surface area contributed by atoms with Gasteiger partial charge in [-0.15, -0.1) is 0 Å². The molecule has 1 fully saturated rings. The highest BCUT2D eigenvalue weighted by atomic mass is 19.1. The zero-order valence-corrected chi connectivity index (χ0v) is 7.88. The number of hydrogen-bond donors (Lipinski definition) is 0. The van der Waals surface area contributed by atoms with E-state index in [1.807, 2.05) is 0 Å². The van der Waals surface area contributed by atoms with Gasteiger partial charge in [0.1, 0.15) is 0 Å². The van der Waals surface area contributed by atoms with Gasteiger partial charge in [0.25, 0.3) is 0 Å². The molecule has 3 heteroatoms. The normalized spacial score (nSPS) is 14.9. The minimum atomic E-state index is -0.381. The number of hydrogen-bond acceptors (Lipinski definition) is 2. The third-order valence-electron chi connectivity index (χ3n) is 2.46. The molecule has 0 bridgehead atoms. The van der Waals surface area contributed by atoms with E-state index < -0.39 is 0 Å². The molecule has 0 aromatic heterocycles. The van der Waals surface area contributed by atoms with Crippen LogP contribution in [-0.2, 0) is 0 Å². The van der Waals surface area contributed by atoms with Crippen LogP contribution in [0.25, 0.3) is 0 Å². The zero-order chi connectivity index (χ0) is 10.1. The molecule has 0 unspecified atom stereocenters. The predicted molar refractivity (Wildman–Crippen MR) is 49.6 cm³/mol. The van der Waals surface area contributed by atoms with Gasteiger partial charge in [0.05, 0.1) is 18.7 Å². The summed E-state index contributed by atoms with van der Waals surface area (Å²) in [6.07, 6.45) is 2.04. The SMILES string of the molecule is COc1c(F)ccc(C#N)c1C1CC1. The minimum absolute atomic E-state index is 0.242. The van der Waals surface area contributed by atoms with E-state index in [1.54, 1.807) is 0 Å². The summed E-state index contributed by atoms with van der Waals surface area (Å²) in [5, 5.41) is 8.88. The van der Waals surface area contributed by atoms with Crippen LogP contribution in [0.4, 0.5) is 4.39 Å². The number of ether oxygens (including phenoxy) is 1. The molecule has 14 heavy (non-hydrogen) atoms. The van der Waals surface area contributed by atoms with Crippen molar-refractivity contribution in [1.29, 1.82) is 5.26 Å². The average Bonchev–Trinajstić information content (AvgIpc) is 3.00. The van der Waals surface area contributed by atoms with Crippen molar-refractivity contribution in [2.75, 3.05) is 7.11 Å². The van der Waals surface area contributed by atoms with E-state index >= 15 is 0 Å². The Morgan fingerprint density at radius 1 is 1.50 bits per heavy atom. The number of nitrogens with zero attached hydrogens (tertiary/aromatic N) is 1. The van der Waals surface area contributed by atoms with Crippen LogP contribution in [-0.4, -0.2) is 7.11 Å². The second-order valence-corrected chi connectivity index (χ2v) is 3.43. The molecular formula is C11H10FNO. The molecule has 1 aliphatic carbocycles. The maximum atomic E-state index is 13.3. The molecule has 1 aromatic rings. The van der Waals surface area contributed by atoms with Crippen molar-refractivity contribution in [2.24, 2.45) is 0 Å². The molecule has 2 rings (SSSR count). The van der Waals surface area contributed by atoms with Gasteiger partial charge in [-0.1, -0.05) is 0 Å². The van der Waals surface area contributed by atoms with E-state index in [4.69, 9.17) is 10.00 Å². The lowest BCUT2D eigenvalue weighted by Crippen LogP contribution is -1.97.